The van der Waals surface area contributed by atoms with E-state index < -0.39 is 5.82 Å². The number of allylic oxidation sites excluding steroid dienone is 1. The van der Waals surface area contributed by atoms with Crippen LogP contribution < -0.4 is 10.5 Å². The number of halogens is 2. The number of hydrogen-bond donors (Lipinski definition) is 1. The minimum absolute atomic E-state index is 0.0781. The molecular formula is C24H32F2N2O. The monoisotopic (exact) mass is 402 g/mol. The highest BCUT2D eigenvalue weighted by Gasteiger charge is 2.10. The van der Waals surface area contributed by atoms with E-state index in [9.17, 15) is 8.78 Å². The molecule has 0 fully saturated rings. The molecule has 0 aliphatic carbocycles. The van der Waals surface area contributed by atoms with Crippen molar-refractivity contribution in [2.45, 2.75) is 46.6 Å². The maximum atomic E-state index is 13.0. The first-order valence-electron chi connectivity index (χ1n) is 9.15. The molecule has 0 aliphatic rings. The van der Waals surface area contributed by atoms with E-state index in [1.165, 1.54) is 30.3 Å². The van der Waals surface area contributed by atoms with Crippen molar-refractivity contribution in [2.75, 3.05) is 5.73 Å². The van der Waals surface area contributed by atoms with Crippen LogP contribution in [0, 0.1) is 23.0 Å². The Morgan fingerprint density at radius 1 is 1.10 bits per heavy atom. The van der Waals surface area contributed by atoms with E-state index in [1.54, 1.807) is 18.2 Å². The number of nitrogens with two attached hydrogens (primary N) is 1. The third-order valence-electron chi connectivity index (χ3n) is 3.13. The van der Waals surface area contributed by atoms with Gasteiger partial charge in [0.05, 0.1) is 17.4 Å². The summed E-state index contributed by atoms with van der Waals surface area (Å²) in [5.74, 6) is 0.225. The van der Waals surface area contributed by atoms with Gasteiger partial charge in [-0.05, 0) is 50.5 Å². The van der Waals surface area contributed by atoms with E-state index in [4.69, 9.17) is 15.7 Å². The lowest BCUT2D eigenvalue weighted by Gasteiger charge is -2.16. The summed E-state index contributed by atoms with van der Waals surface area (Å²) in [6.07, 6.45) is 1.83. The molecule has 0 aromatic heterocycles. The number of rotatable bonds is 3. The Morgan fingerprint density at radius 2 is 1.66 bits per heavy atom. The molecule has 0 aliphatic heterocycles. The standard InChI is InChI=1S/C12H17FO.C7H5FN2.C3H6.C2H4/c1-8(2)11-6-5-10(13)7-12(11)14-9(3)4;8-6-3-1-2-5(4-9)7(6)10;1-3-2;1-2/h5-9H,1-4H3;1-3H,10H2;3H,1H2,2H3;1-2H2. The molecule has 158 valence electrons. The fourth-order valence-corrected chi connectivity index (χ4v) is 1.98. The molecule has 0 saturated carbocycles. The maximum Gasteiger partial charge on any atom is 0.147 e. The predicted octanol–water partition coefficient (Wildman–Crippen LogP) is 7.01. The van der Waals surface area contributed by atoms with Crippen LogP contribution in [-0.2, 0) is 0 Å². The molecule has 2 aromatic carbocycles. The zero-order valence-electron chi connectivity index (χ0n) is 18.0. The molecule has 0 amide bonds. The van der Waals surface area contributed by atoms with Gasteiger partial charge in [-0.25, -0.2) is 8.78 Å². The first-order chi connectivity index (χ1) is 13.7. The van der Waals surface area contributed by atoms with Crippen LogP contribution in [0.15, 0.2) is 62.2 Å². The summed E-state index contributed by atoms with van der Waals surface area (Å²) < 4.78 is 31.0. The van der Waals surface area contributed by atoms with Gasteiger partial charge in [0.25, 0.3) is 0 Å². The molecule has 0 saturated heterocycles. The van der Waals surface area contributed by atoms with Crippen molar-refractivity contribution in [3.05, 3.63) is 85.0 Å². The summed E-state index contributed by atoms with van der Waals surface area (Å²) in [5, 5.41) is 8.35. The van der Waals surface area contributed by atoms with E-state index in [2.05, 4.69) is 33.6 Å². The van der Waals surface area contributed by atoms with Crippen LogP contribution in [0.25, 0.3) is 0 Å². The second kappa shape index (κ2) is 15.9. The van der Waals surface area contributed by atoms with E-state index in [1.807, 2.05) is 20.8 Å². The van der Waals surface area contributed by atoms with Crippen molar-refractivity contribution < 1.29 is 13.5 Å². The zero-order valence-corrected chi connectivity index (χ0v) is 18.0. The van der Waals surface area contributed by atoms with Gasteiger partial charge in [-0.3, -0.25) is 0 Å². The van der Waals surface area contributed by atoms with Gasteiger partial charge in [0.15, 0.2) is 0 Å². The second-order valence-electron chi connectivity index (χ2n) is 6.22. The molecule has 0 unspecified atom stereocenters. The molecule has 0 radical (unpaired) electrons. The Morgan fingerprint density at radius 3 is 2.07 bits per heavy atom. The molecule has 2 rings (SSSR count). The maximum absolute atomic E-state index is 13.0. The van der Waals surface area contributed by atoms with Crippen molar-refractivity contribution in [3.63, 3.8) is 0 Å². The number of hydrogen-bond acceptors (Lipinski definition) is 3. The third-order valence-corrected chi connectivity index (χ3v) is 3.13. The first kappa shape index (κ1) is 28.1. The Labute approximate surface area is 174 Å². The summed E-state index contributed by atoms with van der Waals surface area (Å²) in [6.45, 7) is 19.3. The number of anilines is 1. The quantitative estimate of drug-likeness (QED) is 0.444. The van der Waals surface area contributed by atoms with Crippen molar-refractivity contribution in [3.8, 4) is 11.8 Å². The van der Waals surface area contributed by atoms with Crippen LogP contribution in [0.1, 0.15) is 51.7 Å². The topological polar surface area (TPSA) is 59.0 Å². The smallest absolute Gasteiger partial charge is 0.147 e. The van der Waals surface area contributed by atoms with Crippen molar-refractivity contribution >= 4 is 5.69 Å². The van der Waals surface area contributed by atoms with Crippen LogP contribution in [0.3, 0.4) is 0 Å². The first-order valence-corrected chi connectivity index (χ1v) is 9.15. The van der Waals surface area contributed by atoms with Crippen LogP contribution in [-0.4, -0.2) is 6.10 Å². The van der Waals surface area contributed by atoms with Crippen LogP contribution in [0.5, 0.6) is 5.75 Å². The molecule has 3 nitrogen and oxygen atoms in total. The van der Waals surface area contributed by atoms with E-state index in [0.717, 1.165) is 5.56 Å². The van der Waals surface area contributed by atoms with Crippen molar-refractivity contribution in [1.29, 1.82) is 5.26 Å². The minimum Gasteiger partial charge on any atom is -0.491 e. The number of nitriles is 1. The second-order valence-corrected chi connectivity index (χ2v) is 6.22. The zero-order chi connectivity index (χ0) is 23.0. The van der Waals surface area contributed by atoms with Gasteiger partial charge >= 0.3 is 0 Å². The normalized spacial score (nSPS) is 8.97. The number of benzene rings is 2. The van der Waals surface area contributed by atoms with Gasteiger partial charge in [0.2, 0.25) is 0 Å². The number of nitrogen functional groups attached to an aromatic ring is 1. The van der Waals surface area contributed by atoms with E-state index in [-0.39, 0.29) is 23.2 Å². The summed E-state index contributed by atoms with van der Waals surface area (Å²) in [6, 6.07) is 10.6. The molecular weight excluding hydrogens is 370 g/mol. The lowest BCUT2D eigenvalue weighted by molar-refractivity contribution is 0.238. The molecule has 0 spiro atoms. The van der Waals surface area contributed by atoms with Crippen molar-refractivity contribution in [1.82, 2.24) is 0 Å². The number of para-hydroxylation sites is 1. The number of nitrogens with zero attached hydrogens (tertiary/aromatic N) is 1. The predicted molar refractivity (Wildman–Crippen MR) is 119 cm³/mol. The minimum atomic E-state index is -0.543. The largest absolute Gasteiger partial charge is 0.491 e. The van der Waals surface area contributed by atoms with E-state index in [0.29, 0.717) is 11.7 Å². The summed E-state index contributed by atoms with van der Waals surface area (Å²) in [7, 11) is 0. The summed E-state index contributed by atoms with van der Waals surface area (Å²) in [4.78, 5) is 0. The van der Waals surface area contributed by atoms with Crippen molar-refractivity contribution in [2.24, 2.45) is 0 Å². The van der Waals surface area contributed by atoms with Crippen LogP contribution in [0.2, 0.25) is 0 Å². The van der Waals surface area contributed by atoms with Gasteiger partial charge in [-0.2, -0.15) is 5.26 Å². The number of ether oxygens (including phenoxy) is 1. The fourth-order valence-electron chi connectivity index (χ4n) is 1.98. The van der Waals surface area contributed by atoms with Crippen LogP contribution >= 0.6 is 0 Å². The third kappa shape index (κ3) is 11.3. The molecule has 0 heterocycles. The Bertz CT molecular complexity index is 781. The molecule has 29 heavy (non-hydrogen) atoms. The average Bonchev–Trinajstić information content (AvgIpc) is 2.66. The fraction of sp³-hybridized carbons (Fsp3) is 0.292. The highest BCUT2D eigenvalue weighted by Crippen LogP contribution is 2.27. The van der Waals surface area contributed by atoms with Gasteiger partial charge < -0.3 is 10.5 Å². The van der Waals surface area contributed by atoms with Gasteiger partial charge in [0, 0.05) is 6.07 Å². The van der Waals surface area contributed by atoms with Gasteiger partial charge in [-0.15, -0.1) is 19.7 Å². The molecule has 2 N–H and O–H groups in total. The van der Waals surface area contributed by atoms with E-state index >= 15 is 0 Å². The van der Waals surface area contributed by atoms with Gasteiger partial charge in [-0.1, -0.05) is 32.1 Å². The molecule has 2 aromatic rings. The molecule has 0 atom stereocenters. The Kier molecular flexibility index (Phi) is 15.4. The molecule has 5 heteroatoms. The Hall–Kier alpha value is -3.13. The Balaban J connectivity index is 0. The lowest BCUT2D eigenvalue weighted by atomic mass is 10.0. The average molecular weight is 403 g/mol. The highest BCUT2D eigenvalue weighted by atomic mass is 19.1. The highest BCUT2D eigenvalue weighted by molar-refractivity contribution is 5.54. The lowest BCUT2D eigenvalue weighted by Crippen LogP contribution is -2.08. The molecule has 0 bridgehead atoms. The summed E-state index contributed by atoms with van der Waals surface area (Å²) >= 11 is 0. The summed E-state index contributed by atoms with van der Waals surface area (Å²) in [5.41, 5.74) is 6.35. The SMILES string of the molecule is C=C.C=CC.CC(C)Oc1cc(F)ccc1C(C)C.N#Cc1cccc(F)c1N. The van der Waals surface area contributed by atoms with Crippen LogP contribution in [0.4, 0.5) is 14.5 Å². The van der Waals surface area contributed by atoms with Gasteiger partial charge in [0.1, 0.15) is 23.5 Å².